The molecule has 0 aromatic carbocycles. The quantitative estimate of drug-likeness (QED) is 0.405. The van der Waals surface area contributed by atoms with Crippen molar-refractivity contribution in [2.45, 2.75) is 51.7 Å². The third-order valence-corrected chi connectivity index (χ3v) is 6.73. The Morgan fingerprint density at radius 1 is 1.18 bits per heavy atom. The Morgan fingerprint density at radius 3 is 2.50 bits per heavy atom. The van der Waals surface area contributed by atoms with Crippen LogP contribution in [0.25, 0.3) is 0 Å². The molecule has 1 aliphatic carbocycles. The van der Waals surface area contributed by atoms with Crippen LogP contribution in [0.3, 0.4) is 0 Å². The van der Waals surface area contributed by atoms with Gasteiger partial charge in [0.2, 0.25) is 5.88 Å². The number of nitrogens with zero attached hydrogens (tertiary/aromatic N) is 2. The summed E-state index contributed by atoms with van der Waals surface area (Å²) in [7, 11) is 1.68. The van der Waals surface area contributed by atoms with Gasteiger partial charge in [-0.3, -0.25) is 4.79 Å². The van der Waals surface area contributed by atoms with Gasteiger partial charge < -0.3 is 29.2 Å². The van der Waals surface area contributed by atoms with Gasteiger partial charge in [0.05, 0.1) is 25.9 Å². The van der Waals surface area contributed by atoms with E-state index in [1.807, 2.05) is 19.9 Å². The van der Waals surface area contributed by atoms with Crippen molar-refractivity contribution in [1.82, 2.24) is 10.3 Å². The molecule has 1 amide bonds. The van der Waals surface area contributed by atoms with Crippen molar-refractivity contribution in [3.05, 3.63) is 17.8 Å². The number of carbonyl (C=O) groups is 2. The molecule has 9 nitrogen and oxygen atoms in total. The first-order valence-electron chi connectivity index (χ1n) is 12.0. The van der Waals surface area contributed by atoms with Gasteiger partial charge in [-0.1, -0.05) is 13.8 Å². The van der Waals surface area contributed by atoms with Crippen molar-refractivity contribution in [3.63, 3.8) is 0 Å². The molecule has 2 fully saturated rings. The van der Waals surface area contributed by atoms with E-state index in [0.717, 1.165) is 12.1 Å². The van der Waals surface area contributed by atoms with E-state index < -0.39 is 24.3 Å². The highest BCUT2D eigenvalue weighted by Crippen LogP contribution is 2.40. The van der Waals surface area contributed by atoms with Crippen molar-refractivity contribution in [2.75, 3.05) is 51.8 Å². The van der Waals surface area contributed by atoms with Crippen molar-refractivity contribution in [1.29, 1.82) is 0 Å². The number of pyridine rings is 1. The van der Waals surface area contributed by atoms with E-state index >= 15 is 0 Å². The highest BCUT2D eigenvalue weighted by molar-refractivity contribution is 5.97. The van der Waals surface area contributed by atoms with Gasteiger partial charge >= 0.3 is 5.97 Å². The van der Waals surface area contributed by atoms with E-state index in [4.69, 9.17) is 18.9 Å². The van der Waals surface area contributed by atoms with Gasteiger partial charge in [-0.2, -0.15) is 0 Å². The molecule has 1 aliphatic heterocycles. The molecule has 1 saturated carbocycles. The molecule has 0 spiro atoms. The zero-order chi connectivity index (χ0) is 24.7. The van der Waals surface area contributed by atoms with Crippen molar-refractivity contribution < 1.29 is 32.9 Å². The van der Waals surface area contributed by atoms with Crippen LogP contribution in [0.15, 0.2) is 12.1 Å². The number of nitrogens with one attached hydrogen (secondary N) is 1. The van der Waals surface area contributed by atoms with Crippen molar-refractivity contribution in [3.8, 4) is 5.88 Å². The number of alkyl halides is 1. The fourth-order valence-corrected chi connectivity index (χ4v) is 4.11. The summed E-state index contributed by atoms with van der Waals surface area (Å²) in [6, 6.07) is 3.44. The molecule has 2 atom stereocenters. The van der Waals surface area contributed by atoms with Crippen LogP contribution >= 0.6 is 0 Å². The van der Waals surface area contributed by atoms with Gasteiger partial charge in [-0.15, -0.1) is 0 Å². The lowest BCUT2D eigenvalue weighted by Gasteiger charge is -2.40. The summed E-state index contributed by atoms with van der Waals surface area (Å²) in [5, 5.41) is 2.84. The third kappa shape index (κ3) is 5.96. The van der Waals surface area contributed by atoms with Crippen LogP contribution in [0.2, 0.25) is 0 Å². The molecule has 2 heterocycles. The Kier molecular flexibility index (Phi) is 9.07. The molecule has 2 unspecified atom stereocenters. The standard InChI is InChI=1S/C24H36FN3O6/c1-5-24(6-2,23(30)33-7-3)27-21(29)19-8-9-20(28-11-18(12-28)31-4)22(26-19)34-14-17-10-16(17)13-32-15-25/h8-9,16-18H,5-7,10-15H2,1-4H3,(H,27,29). The van der Waals surface area contributed by atoms with Gasteiger partial charge in [0.25, 0.3) is 5.91 Å². The van der Waals surface area contributed by atoms with Crippen LogP contribution in [0.4, 0.5) is 10.1 Å². The molecule has 2 aliphatic rings. The lowest BCUT2D eigenvalue weighted by atomic mass is 9.92. The van der Waals surface area contributed by atoms with Gasteiger partial charge in [-0.05, 0) is 50.2 Å². The number of ether oxygens (including phenoxy) is 4. The summed E-state index contributed by atoms with van der Waals surface area (Å²) in [5.74, 6) is -0.0330. The van der Waals surface area contributed by atoms with E-state index in [1.165, 1.54) is 0 Å². The zero-order valence-corrected chi connectivity index (χ0v) is 20.5. The SMILES string of the molecule is CCOC(=O)C(CC)(CC)NC(=O)c1ccc(N2CC(OC)C2)c(OCC2CC2COCF)n1. The molecular weight excluding hydrogens is 445 g/mol. The molecule has 1 N–H and O–H groups in total. The molecule has 0 radical (unpaired) electrons. The van der Waals surface area contributed by atoms with E-state index in [9.17, 15) is 14.0 Å². The maximum Gasteiger partial charge on any atom is 0.331 e. The minimum Gasteiger partial charge on any atom is -0.476 e. The second-order valence-electron chi connectivity index (χ2n) is 8.79. The molecule has 3 rings (SSSR count). The Morgan fingerprint density at radius 2 is 1.88 bits per heavy atom. The maximum atomic E-state index is 13.1. The van der Waals surface area contributed by atoms with E-state index in [2.05, 4.69) is 15.2 Å². The number of halogens is 1. The maximum absolute atomic E-state index is 13.1. The fourth-order valence-electron chi connectivity index (χ4n) is 4.11. The van der Waals surface area contributed by atoms with Crippen LogP contribution in [-0.4, -0.2) is 75.4 Å². The summed E-state index contributed by atoms with van der Waals surface area (Å²) in [6.45, 7) is 7.03. The van der Waals surface area contributed by atoms with Gasteiger partial charge in [0, 0.05) is 20.2 Å². The monoisotopic (exact) mass is 481 g/mol. The first kappa shape index (κ1) is 26.2. The Labute approximate surface area is 200 Å². The average Bonchev–Trinajstić information content (AvgIpc) is 3.58. The summed E-state index contributed by atoms with van der Waals surface area (Å²) < 4.78 is 33.7. The molecule has 1 saturated heterocycles. The highest BCUT2D eigenvalue weighted by Gasteiger charge is 2.40. The molecule has 190 valence electrons. The van der Waals surface area contributed by atoms with Crippen molar-refractivity contribution >= 4 is 17.6 Å². The highest BCUT2D eigenvalue weighted by atomic mass is 19.1. The minimum absolute atomic E-state index is 0.140. The predicted octanol–water partition coefficient (Wildman–Crippen LogP) is 2.73. The molecule has 0 bridgehead atoms. The molecule has 10 heteroatoms. The van der Waals surface area contributed by atoms with Gasteiger partial charge in [0.15, 0.2) is 6.86 Å². The predicted molar refractivity (Wildman–Crippen MR) is 124 cm³/mol. The Balaban J connectivity index is 1.75. The summed E-state index contributed by atoms with van der Waals surface area (Å²) in [4.78, 5) is 32.3. The first-order chi connectivity index (χ1) is 16.4. The number of amides is 1. The number of methoxy groups -OCH3 is 1. The summed E-state index contributed by atoms with van der Waals surface area (Å²) in [6.07, 6.45) is 1.83. The van der Waals surface area contributed by atoms with Gasteiger partial charge in [0.1, 0.15) is 16.9 Å². The number of anilines is 1. The fraction of sp³-hybridized carbons (Fsp3) is 0.708. The number of hydrogen-bond donors (Lipinski definition) is 1. The van der Waals surface area contributed by atoms with E-state index in [1.54, 1.807) is 20.1 Å². The van der Waals surface area contributed by atoms with Crippen LogP contribution in [0.5, 0.6) is 5.88 Å². The number of rotatable bonds is 14. The smallest absolute Gasteiger partial charge is 0.331 e. The first-order valence-corrected chi connectivity index (χ1v) is 12.0. The number of carbonyl (C=O) groups excluding carboxylic acids is 2. The number of esters is 1. The van der Waals surface area contributed by atoms with Crippen LogP contribution < -0.4 is 15.0 Å². The van der Waals surface area contributed by atoms with Crippen LogP contribution in [0.1, 0.15) is 50.5 Å². The lowest BCUT2D eigenvalue weighted by molar-refractivity contribution is -0.151. The number of aromatic nitrogens is 1. The summed E-state index contributed by atoms with van der Waals surface area (Å²) in [5.41, 5.74) is -0.175. The second-order valence-corrected chi connectivity index (χ2v) is 8.79. The molecule has 1 aromatic rings. The topological polar surface area (TPSA) is 99.2 Å². The van der Waals surface area contributed by atoms with Crippen LogP contribution in [0, 0.1) is 11.8 Å². The van der Waals surface area contributed by atoms with E-state index in [0.29, 0.717) is 45.0 Å². The zero-order valence-electron chi connectivity index (χ0n) is 20.5. The lowest BCUT2D eigenvalue weighted by Crippen LogP contribution is -2.54. The Hall–Kier alpha value is -2.46. The second kappa shape index (κ2) is 11.8. The van der Waals surface area contributed by atoms with Crippen LogP contribution in [-0.2, 0) is 19.0 Å². The van der Waals surface area contributed by atoms with E-state index in [-0.39, 0.29) is 30.2 Å². The third-order valence-electron chi connectivity index (χ3n) is 6.73. The van der Waals surface area contributed by atoms with Gasteiger partial charge in [-0.25, -0.2) is 14.2 Å². The molecule has 1 aromatic heterocycles. The van der Waals surface area contributed by atoms with Crippen molar-refractivity contribution in [2.24, 2.45) is 11.8 Å². The molecule has 34 heavy (non-hydrogen) atoms. The molecular formula is C24H36FN3O6. The minimum atomic E-state index is -1.12. The number of hydrogen-bond acceptors (Lipinski definition) is 8. The largest absolute Gasteiger partial charge is 0.476 e. The Bertz CT molecular complexity index is 844. The average molecular weight is 482 g/mol. The summed E-state index contributed by atoms with van der Waals surface area (Å²) >= 11 is 0. The normalized spacial score (nSPS) is 20.0.